The molecule has 0 aliphatic carbocycles. The van der Waals surface area contributed by atoms with Crippen LogP contribution in [-0.4, -0.2) is 24.3 Å². The summed E-state index contributed by atoms with van der Waals surface area (Å²) in [7, 11) is 1.58. The van der Waals surface area contributed by atoms with E-state index in [1.165, 1.54) is 11.3 Å². The van der Waals surface area contributed by atoms with E-state index in [1.807, 2.05) is 54.1 Å². The molecular weight excluding hydrogens is 444 g/mol. The summed E-state index contributed by atoms with van der Waals surface area (Å²) < 4.78 is 13.2. The van der Waals surface area contributed by atoms with Crippen LogP contribution in [0.25, 0.3) is 6.08 Å². The lowest BCUT2D eigenvalue weighted by Crippen LogP contribution is -2.40. The number of hydrogen-bond donors (Lipinski definition) is 0. The first-order valence-corrected chi connectivity index (χ1v) is 12.2. The SMILES string of the molecule is CCCC1=C(C(=O)OCC)[C@@H](c2ccccc2OC)n2c(sc(=Cc3ccsc3)c2=O)=N1. The molecule has 0 unspecified atom stereocenters. The molecule has 0 bridgehead atoms. The number of ether oxygens (including phenoxy) is 2. The normalized spacial score (nSPS) is 16.0. The fraction of sp³-hybridized carbons (Fsp3) is 0.292. The summed E-state index contributed by atoms with van der Waals surface area (Å²) in [5, 5.41) is 3.96. The van der Waals surface area contributed by atoms with Gasteiger partial charge in [0.25, 0.3) is 5.56 Å². The van der Waals surface area contributed by atoms with Crippen molar-refractivity contribution in [1.82, 2.24) is 4.57 Å². The Morgan fingerprint density at radius 1 is 1.25 bits per heavy atom. The third-order valence-corrected chi connectivity index (χ3v) is 6.85. The summed E-state index contributed by atoms with van der Waals surface area (Å²) in [5.41, 5.74) is 2.56. The van der Waals surface area contributed by atoms with Crippen LogP contribution in [-0.2, 0) is 9.53 Å². The molecule has 8 heteroatoms. The predicted octanol–water partition coefficient (Wildman–Crippen LogP) is 3.65. The molecule has 0 amide bonds. The molecule has 1 aliphatic rings. The molecular formula is C24H24N2O4S2. The predicted molar refractivity (Wildman–Crippen MR) is 127 cm³/mol. The molecule has 0 saturated heterocycles. The van der Waals surface area contributed by atoms with Gasteiger partial charge in [-0.25, -0.2) is 9.79 Å². The molecule has 3 aromatic rings. The van der Waals surface area contributed by atoms with Crippen LogP contribution >= 0.6 is 22.7 Å². The molecule has 1 aromatic carbocycles. The van der Waals surface area contributed by atoms with Gasteiger partial charge in [-0.3, -0.25) is 9.36 Å². The van der Waals surface area contributed by atoms with Crippen LogP contribution in [0.4, 0.5) is 0 Å². The van der Waals surface area contributed by atoms with Crippen LogP contribution in [0.3, 0.4) is 0 Å². The highest BCUT2D eigenvalue weighted by atomic mass is 32.1. The van der Waals surface area contributed by atoms with E-state index in [0.29, 0.717) is 32.8 Å². The number of nitrogens with zero attached hydrogens (tertiary/aromatic N) is 2. The largest absolute Gasteiger partial charge is 0.496 e. The zero-order chi connectivity index (χ0) is 22.7. The van der Waals surface area contributed by atoms with E-state index in [2.05, 4.69) is 0 Å². The summed E-state index contributed by atoms with van der Waals surface area (Å²) in [4.78, 5) is 32.1. The summed E-state index contributed by atoms with van der Waals surface area (Å²) in [6.45, 7) is 4.05. The number of rotatable bonds is 7. The van der Waals surface area contributed by atoms with Gasteiger partial charge in [-0.1, -0.05) is 42.9 Å². The average molecular weight is 469 g/mol. The summed E-state index contributed by atoms with van der Waals surface area (Å²) >= 11 is 2.91. The highest BCUT2D eigenvalue weighted by Crippen LogP contribution is 2.36. The second kappa shape index (κ2) is 9.67. The third-order valence-electron chi connectivity index (χ3n) is 5.17. The first-order valence-electron chi connectivity index (χ1n) is 10.5. The first-order chi connectivity index (χ1) is 15.6. The van der Waals surface area contributed by atoms with Crippen molar-refractivity contribution in [3.8, 4) is 5.75 Å². The second-order valence-electron chi connectivity index (χ2n) is 7.21. The average Bonchev–Trinajstić information content (AvgIpc) is 3.41. The van der Waals surface area contributed by atoms with Gasteiger partial charge >= 0.3 is 5.97 Å². The van der Waals surface area contributed by atoms with Crippen LogP contribution < -0.4 is 19.6 Å². The van der Waals surface area contributed by atoms with E-state index in [1.54, 1.807) is 29.9 Å². The van der Waals surface area contributed by atoms with Crippen LogP contribution in [0.2, 0.25) is 0 Å². The lowest BCUT2D eigenvalue weighted by Gasteiger charge is -2.26. The Balaban J connectivity index is 2.04. The topological polar surface area (TPSA) is 69.9 Å². The lowest BCUT2D eigenvalue weighted by molar-refractivity contribution is -0.139. The molecule has 1 atom stereocenters. The number of carbonyl (C=O) groups excluding carboxylic acids is 1. The van der Waals surface area contributed by atoms with E-state index >= 15 is 0 Å². The van der Waals surface area contributed by atoms with Crippen molar-refractivity contribution in [3.05, 3.63) is 83.2 Å². The summed E-state index contributed by atoms with van der Waals surface area (Å²) in [6, 6.07) is 8.75. The summed E-state index contributed by atoms with van der Waals surface area (Å²) in [5.74, 6) is 0.146. The molecule has 166 valence electrons. The fourth-order valence-corrected chi connectivity index (χ4v) is 5.45. The van der Waals surface area contributed by atoms with Crippen molar-refractivity contribution in [3.63, 3.8) is 0 Å². The lowest BCUT2D eigenvalue weighted by atomic mass is 9.93. The van der Waals surface area contributed by atoms with Crippen LogP contribution in [0.15, 0.2) is 62.1 Å². The van der Waals surface area contributed by atoms with Crippen molar-refractivity contribution in [2.45, 2.75) is 32.7 Å². The number of aromatic nitrogens is 1. The number of thiazole rings is 1. The number of methoxy groups -OCH3 is 1. The molecule has 32 heavy (non-hydrogen) atoms. The van der Waals surface area contributed by atoms with E-state index in [0.717, 1.165) is 17.5 Å². The van der Waals surface area contributed by atoms with Gasteiger partial charge in [0.1, 0.15) is 11.8 Å². The highest BCUT2D eigenvalue weighted by Gasteiger charge is 2.35. The van der Waals surface area contributed by atoms with Crippen molar-refractivity contribution < 1.29 is 14.3 Å². The highest BCUT2D eigenvalue weighted by molar-refractivity contribution is 7.08. The van der Waals surface area contributed by atoms with Gasteiger partial charge in [0, 0.05) is 5.56 Å². The van der Waals surface area contributed by atoms with Crippen LogP contribution in [0.1, 0.15) is 43.9 Å². The first kappa shape index (κ1) is 22.2. The quantitative estimate of drug-likeness (QED) is 0.497. The Kier molecular flexibility index (Phi) is 6.72. The molecule has 0 fully saturated rings. The van der Waals surface area contributed by atoms with E-state index in [9.17, 15) is 9.59 Å². The number of carbonyl (C=O) groups is 1. The van der Waals surface area contributed by atoms with Crippen molar-refractivity contribution in [2.24, 2.45) is 4.99 Å². The molecule has 4 rings (SSSR count). The number of thiophene rings is 1. The van der Waals surface area contributed by atoms with E-state index < -0.39 is 12.0 Å². The van der Waals surface area contributed by atoms with Gasteiger partial charge in [0.2, 0.25) is 0 Å². The molecule has 1 aliphatic heterocycles. The minimum absolute atomic E-state index is 0.187. The Hall–Kier alpha value is -2.97. The smallest absolute Gasteiger partial charge is 0.338 e. The Morgan fingerprint density at radius 2 is 2.06 bits per heavy atom. The Labute approximate surface area is 193 Å². The monoisotopic (exact) mass is 468 g/mol. The Morgan fingerprint density at radius 3 is 2.75 bits per heavy atom. The van der Waals surface area contributed by atoms with Gasteiger partial charge in [0.15, 0.2) is 4.80 Å². The fourth-order valence-electron chi connectivity index (χ4n) is 3.82. The van der Waals surface area contributed by atoms with Gasteiger partial charge in [-0.2, -0.15) is 11.3 Å². The van der Waals surface area contributed by atoms with Gasteiger partial charge in [-0.05, 0) is 47.9 Å². The number of benzene rings is 1. The van der Waals surface area contributed by atoms with Gasteiger partial charge in [-0.15, -0.1) is 0 Å². The van der Waals surface area contributed by atoms with E-state index in [4.69, 9.17) is 14.5 Å². The number of esters is 1. The van der Waals surface area contributed by atoms with Crippen molar-refractivity contribution >= 4 is 34.7 Å². The van der Waals surface area contributed by atoms with Gasteiger partial charge < -0.3 is 9.47 Å². The zero-order valence-corrected chi connectivity index (χ0v) is 19.8. The maximum absolute atomic E-state index is 13.6. The minimum atomic E-state index is -0.673. The van der Waals surface area contributed by atoms with Crippen molar-refractivity contribution in [1.29, 1.82) is 0 Å². The molecule has 0 spiro atoms. The molecule has 3 heterocycles. The van der Waals surface area contributed by atoms with Crippen LogP contribution in [0.5, 0.6) is 5.75 Å². The molecule has 0 N–H and O–H groups in total. The Bertz CT molecular complexity index is 1330. The summed E-state index contributed by atoms with van der Waals surface area (Å²) in [6.07, 6.45) is 3.28. The molecule has 0 radical (unpaired) electrons. The second-order valence-corrected chi connectivity index (χ2v) is 9.00. The third kappa shape index (κ3) is 4.08. The number of hydrogen-bond acceptors (Lipinski definition) is 7. The standard InChI is InChI=1S/C24H24N2O4S2/c1-4-8-17-20(23(28)30-5-2)21(16-9-6-7-10-18(16)29-3)26-22(27)19(32-24(26)25-17)13-15-11-12-31-14-15/h6-7,9-14,21H,4-5,8H2,1-3H3/t21-/m1/s1. The zero-order valence-electron chi connectivity index (χ0n) is 18.2. The minimum Gasteiger partial charge on any atom is -0.496 e. The molecule has 0 saturated carbocycles. The van der Waals surface area contributed by atoms with Crippen molar-refractivity contribution in [2.75, 3.05) is 13.7 Å². The van der Waals surface area contributed by atoms with E-state index in [-0.39, 0.29) is 12.2 Å². The molecule has 6 nitrogen and oxygen atoms in total. The number of para-hydroxylation sites is 1. The molecule has 2 aromatic heterocycles. The maximum atomic E-state index is 13.6. The number of fused-ring (bicyclic) bond motifs is 1. The maximum Gasteiger partial charge on any atom is 0.338 e. The van der Waals surface area contributed by atoms with Gasteiger partial charge in [0.05, 0.1) is 29.5 Å². The van der Waals surface area contributed by atoms with Crippen LogP contribution in [0, 0.1) is 0 Å². The number of allylic oxidation sites excluding steroid dienone is 1.